The number of sulfonamides is 1. The van der Waals surface area contributed by atoms with Gasteiger partial charge in [0.05, 0.1) is 18.6 Å². The van der Waals surface area contributed by atoms with E-state index in [1.165, 1.54) is 25.8 Å². The number of carbonyl (C=O) groups excluding carboxylic acids is 1. The van der Waals surface area contributed by atoms with Crippen molar-refractivity contribution in [3.63, 3.8) is 0 Å². The summed E-state index contributed by atoms with van der Waals surface area (Å²) in [6.07, 6.45) is 0.788. The first-order valence-corrected chi connectivity index (χ1v) is 10.2. The first kappa shape index (κ1) is 19.4. The molecular formula is C20H24N2O4S. The zero-order valence-corrected chi connectivity index (χ0v) is 16.6. The van der Waals surface area contributed by atoms with Gasteiger partial charge in [-0.05, 0) is 48.2 Å². The maximum atomic E-state index is 12.8. The number of hydrogen-bond donors (Lipinski definition) is 0. The molecule has 0 spiro atoms. The van der Waals surface area contributed by atoms with Gasteiger partial charge in [-0.15, -0.1) is 0 Å². The maximum absolute atomic E-state index is 12.8. The van der Waals surface area contributed by atoms with Gasteiger partial charge in [-0.3, -0.25) is 4.79 Å². The Morgan fingerprint density at radius 1 is 1.19 bits per heavy atom. The SMILES string of the molecule is COc1ccc(S(=O)(=O)N(C)CC(=O)N2CCc3ccccc3C2)cc1C. The zero-order chi connectivity index (χ0) is 19.6. The Morgan fingerprint density at radius 2 is 1.89 bits per heavy atom. The molecule has 0 saturated carbocycles. The topological polar surface area (TPSA) is 66.9 Å². The minimum absolute atomic E-state index is 0.153. The fourth-order valence-corrected chi connectivity index (χ4v) is 4.48. The quantitative estimate of drug-likeness (QED) is 0.788. The van der Waals surface area contributed by atoms with E-state index in [0.717, 1.165) is 21.9 Å². The van der Waals surface area contributed by atoms with Crippen molar-refractivity contribution in [1.82, 2.24) is 9.21 Å². The summed E-state index contributed by atoms with van der Waals surface area (Å²) in [5.74, 6) is 0.431. The van der Waals surface area contributed by atoms with Gasteiger partial charge in [-0.1, -0.05) is 24.3 Å². The van der Waals surface area contributed by atoms with E-state index in [4.69, 9.17) is 4.74 Å². The fourth-order valence-electron chi connectivity index (χ4n) is 3.28. The van der Waals surface area contributed by atoms with Gasteiger partial charge in [-0.25, -0.2) is 8.42 Å². The summed E-state index contributed by atoms with van der Waals surface area (Å²) >= 11 is 0. The van der Waals surface area contributed by atoms with Crippen molar-refractivity contribution < 1.29 is 17.9 Å². The van der Waals surface area contributed by atoms with Crippen molar-refractivity contribution in [1.29, 1.82) is 0 Å². The van der Waals surface area contributed by atoms with Crippen LogP contribution in [0, 0.1) is 6.92 Å². The largest absolute Gasteiger partial charge is 0.496 e. The van der Waals surface area contributed by atoms with Gasteiger partial charge < -0.3 is 9.64 Å². The van der Waals surface area contributed by atoms with Gasteiger partial charge in [0.25, 0.3) is 0 Å². The summed E-state index contributed by atoms with van der Waals surface area (Å²) in [6, 6.07) is 12.7. The number of amides is 1. The van der Waals surface area contributed by atoms with Crippen LogP contribution < -0.4 is 4.74 Å². The summed E-state index contributed by atoms with van der Waals surface area (Å²) in [4.78, 5) is 14.5. The minimum Gasteiger partial charge on any atom is -0.496 e. The molecule has 6 nitrogen and oxygen atoms in total. The number of fused-ring (bicyclic) bond motifs is 1. The Labute approximate surface area is 160 Å². The number of aryl methyl sites for hydroxylation is 1. The molecule has 0 radical (unpaired) electrons. The van der Waals surface area contributed by atoms with Gasteiger partial charge in [0, 0.05) is 20.1 Å². The van der Waals surface area contributed by atoms with Crippen LogP contribution in [0.3, 0.4) is 0 Å². The molecule has 0 fully saturated rings. The van der Waals surface area contributed by atoms with E-state index in [9.17, 15) is 13.2 Å². The Hall–Kier alpha value is -2.38. The molecule has 27 heavy (non-hydrogen) atoms. The normalized spacial score (nSPS) is 14.1. The highest BCUT2D eigenvalue weighted by Gasteiger charge is 2.27. The van der Waals surface area contributed by atoms with Crippen LogP contribution in [0.25, 0.3) is 0 Å². The average molecular weight is 388 g/mol. The highest BCUT2D eigenvalue weighted by Crippen LogP contribution is 2.24. The number of ether oxygens (including phenoxy) is 1. The highest BCUT2D eigenvalue weighted by molar-refractivity contribution is 7.89. The molecule has 1 aliphatic rings. The second kappa shape index (κ2) is 7.70. The molecule has 0 aliphatic carbocycles. The number of rotatable bonds is 5. The van der Waals surface area contributed by atoms with Crippen molar-refractivity contribution in [2.24, 2.45) is 0 Å². The van der Waals surface area contributed by atoms with E-state index in [1.54, 1.807) is 24.0 Å². The van der Waals surface area contributed by atoms with E-state index in [1.807, 2.05) is 18.2 Å². The molecule has 0 bridgehead atoms. The van der Waals surface area contributed by atoms with Gasteiger partial charge in [-0.2, -0.15) is 4.31 Å². The molecule has 144 valence electrons. The molecule has 0 saturated heterocycles. The molecule has 7 heteroatoms. The van der Waals surface area contributed by atoms with Crippen molar-refractivity contribution in [3.05, 3.63) is 59.2 Å². The van der Waals surface area contributed by atoms with E-state index in [2.05, 4.69) is 6.07 Å². The Kier molecular flexibility index (Phi) is 5.53. The highest BCUT2D eigenvalue weighted by atomic mass is 32.2. The second-order valence-corrected chi connectivity index (χ2v) is 8.77. The number of methoxy groups -OCH3 is 1. The number of benzene rings is 2. The van der Waals surface area contributed by atoms with E-state index in [-0.39, 0.29) is 17.3 Å². The van der Waals surface area contributed by atoms with Crippen molar-refractivity contribution in [2.75, 3.05) is 27.2 Å². The van der Waals surface area contributed by atoms with Crippen LogP contribution in [0.4, 0.5) is 0 Å². The summed E-state index contributed by atoms with van der Waals surface area (Å²) in [5.41, 5.74) is 3.09. The van der Waals surface area contributed by atoms with E-state index < -0.39 is 10.0 Å². The number of nitrogens with zero attached hydrogens (tertiary/aromatic N) is 2. The predicted octanol–water partition coefficient (Wildman–Crippen LogP) is 2.21. The zero-order valence-electron chi connectivity index (χ0n) is 15.8. The Balaban J connectivity index is 1.71. The number of likely N-dealkylation sites (N-methyl/N-ethyl adjacent to an activating group) is 1. The molecule has 2 aromatic carbocycles. The third-order valence-electron chi connectivity index (χ3n) is 4.92. The third-order valence-corrected chi connectivity index (χ3v) is 6.72. The monoisotopic (exact) mass is 388 g/mol. The molecule has 2 aromatic rings. The minimum atomic E-state index is -3.75. The number of carbonyl (C=O) groups is 1. The van der Waals surface area contributed by atoms with Crippen LogP contribution in [0.2, 0.25) is 0 Å². The molecule has 0 unspecified atom stereocenters. The summed E-state index contributed by atoms with van der Waals surface area (Å²) < 4.78 is 31.9. The molecule has 0 aromatic heterocycles. The summed E-state index contributed by atoms with van der Waals surface area (Å²) in [7, 11) is -0.775. The smallest absolute Gasteiger partial charge is 0.243 e. The molecule has 0 atom stereocenters. The molecule has 3 rings (SSSR count). The Bertz CT molecular complexity index is 956. The molecule has 1 amide bonds. The maximum Gasteiger partial charge on any atom is 0.243 e. The van der Waals surface area contributed by atoms with Crippen molar-refractivity contribution in [2.45, 2.75) is 24.8 Å². The lowest BCUT2D eigenvalue weighted by Crippen LogP contribution is -2.43. The van der Waals surface area contributed by atoms with Gasteiger partial charge in [0.2, 0.25) is 15.9 Å². The van der Waals surface area contributed by atoms with Gasteiger partial charge in [0.15, 0.2) is 0 Å². The Morgan fingerprint density at radius 3 is 2.56 bits per heavy atom. The van der Waals surface area contributed by atoms with Crippen molar-refractivity contribution in [3.8, 4) is 5.75 Å². The van der Waals surface area contributed by atoms with Crippen LogP contribution in [0.1, 0.15) is 16.7 Å². The predicted molar refractivity (Wildman–Crippen MR) is 103 cm³/mol. The average Bonchev–Trinajstić information content (AvgIpc) is 2.67. The summed E-state index contributed by atoms with van der Waals surface area (Å²) in [6.45, 7) is 2.72. The lowest BCUT2D eigenvalue weighted by atomic mass is 10.00. The van der Waals surface area contributed by atoms with Crippen LogP contribution >= 0.6 is 0 Å². The molecule has 1 heterocycles. The first-order valence-electron chi connectivity index (χ1n) is 8.78. The number of hydrogen-bond acceptors (Lipinski definition) is 4. The van der Waals surface area contributed by atoms with Crippen LogP contribution in [0.15, 0.2) is 47.4 Å². The molecule has 0 N–H and O–H groups in total. The summed E-state index contributed by atoms with van der Waals surface area (Å²) in [5, 5.41) is 0. The second-order valence-electron chi connectivity index (χ2n) is 6.73. The van der Waals surface area contributed by atoms with Crippen LogP contribution in [-0.4, -0.2) is 50.8 Å². The van der Waals surface area contributed by atoms with Crippen LogP contribution in [-0.2, 0) is 27.8 Å². The molecular weight excluding hydrogens is 364 g/mol. The molecule has 1 aliphatic heterocycles. The first-order chi connectivity index (χ1) is 12.8. The van der Waals surface area contributed by atoms with Gasteiger partial charge >= 0.3 is 0 Å². The lowest BCUT2D eigenvalue weighted by Gasteiger charge is -2.30. The van der Waals surface area contributed by atoms with E-state index in [0.29, 0.717) is 18.8 Å². The van der Waals surface area contributed by atoms with Crippen LogP contribution in [0.5, 0.6) is 5.75 Å². The van der Waals surface area contributed by atoms with Crippen molar-refractivity contribution >= 4 is 15.9 Å². The third kappa shape index (κ3) is 3.99. The van der Waals surface area contributed by atoms with E-state index >= 15 is 0 Å². The standard InChI is InChI=1S/C20H24N2O4S/c1-15-12-18(8-9-19(15)26-3)27(24,25)21(2)14-20(23)22-11-10-16-6-4-5-7-17(16)13-22/h4-9,12H,10-11,13-14H2,1-3H3. The van der Waals surface area contributed by atoms with Gasteiger partial charge in [0.1, 0.15) is 5.75 Å². The fraction of sp³-hybridized carbons (Fsp3) is 0.350. The lowest BCUT2D eigenvalue weighted by molar-refractivity contribution is -0.132.